The lowest BCUT2D eigenvalue weighted by Crippen LogP contribution is -2.36. The van der Waals surface area contributed by atoms with Gasteiger partial charge >= 0.3 is 0 Å². The maximum Gasteiger partial charge on any atom is 0.166 e. The maximum absolute atomic E-state index is 5.58. The molecule has 0 rings (SSSR count). The van der Waals surface area contributed by atoms with E-state index in [4.69, 9.17) is 35.9 Å². The number of hydrogen-bond acceptors (Lipinski definition) is 2. The van der Waals surface area contributed by atoms with Crippen LogP contribution in [-0.4, -0.2) is 46.2 Å². The second kappa shape index (κ2) is 14.8. The van der Waals surface area contributed by atoms with Crippen LogP contribution in [0.15, 0.2) is 0 Å². The average molecular weight is 321 g/mol. The van der Waals surface area contributed by atoms with Gasteiger partial charge in [0.1, 0.15) is 0 Å². The van der Waals surface area contributed by atoms with E-state index in [0.717, 1.165) is 26.2 Å². The van der Waals surface area contributed by atoms with Crippen LogP contribution < -0.4 is 11.5 Å². The zero-order chi connectivity index (χ0) is 16.0. The molecule has 0 spiro atoms. The molecule has 0 heterocycles. The van der Waals surface area contributed by atoms with E-state index in [1.807, 2.05) is 18.7 Å². The molecule has 0 atom stereocenters. The summed E-state index contributed by atoms with van der Waals surface area (Å²) in [6.07, 6.45) is 4.76. The first-order chi connectivity index (χ1) is 9.44. The number of thiocarbonyl (C=S) groups is 2. The molecule has 4 N–H and O–H groups in total. The summed E-state index contributed by atoms with van der Waals surface area (Å²) < 4.78 is 0. The summed E-state index contributed by atoms with van der Waals surface area (Å²) in [6, 6.07) is 0. The van der Waals surface area contributed by atoms with Crippen molar-refractivity contribution in [1.82, 2.24) is 9.80 Å². The van der Waals surface area contributed by atoms with Crippen LogP contribution in [-0.2, 0) is 0 Å². The first kappa shape index (κ1) is 21.7. The SMILES string of the molecule is CCCCN(CCCC)C(N)=S.CCN(CC)C(N)=S. The molecule has 0 aliphatic rings. The Morgan fingerprint density at radius 1 is 0.750 bits per heavy atom. The molecule has 0 saturated carbocycles. The van der Waals surface area contributed by atoms with Crippen LogP contribution in [0.5, 0.6) is 0 Å². The highest BCUT2D eigenvalue weighted by atomic mass is 32.1. The first-order valence-electron chi connectivity index (χ1n) is 7.53. The van der Waals surface area contributed by atoms with Gasteiger partial charge in [0.05, 0.1) is 0 Å². The van der Waals surface area contributed by atoms with Crippen molar-refractivity contribution < 1.29 is 0 Å². The fraction of sp³-hybridized carbons (Fsp3) is 0.857. The van der Waals surface area contributed by atoms with Gasteiger partial charge in [-0.15, -0.1) is 0 Å². The highest BCUT2D eigenvalue weighted by Gasteiger charge is 2.03. The Labute approximate surface area is 135 Å². The standard InChI is InChI=1S/C9H20N2S.C5H12N2S/c1-3-5-7-11(9(10)12)8-6-4-2;1-3-7(4-2)5(6)8/h3-8H2,1-2H3,(H2,10,12);3-4H2,1-2H3,(H2,6,8). The monoisotopic (exact) mass is 320 g/mol. The largest absolute Gasteiger partial charge is 0.376 e. The zero-order valence-corrected chi connectivity index (χ0v) is 15.2. The minimum absolute atomic E-state index is 0.495. The molecular weight excluding hydrogens is 288 g/mol. The number of nitrogens with two attached hydrogens (primary N) is 2. The molecule has 0 bridgehead atoms. The van der Waals surface area contributed by atoms with Gasteiger partial charge in [-0.25, -0.2) is 0 Å². The Morgan fingerprint density at radius 3 is 1.25 bits per heavy atom. The van der Waals surface area contributed by atoms with E-state index in [1.54, 1.807) is 0 Å². The number of nitrogens with zero attached hydrogens (tertiary/aromatic N) is 2. The second-order valence-electron chi connectivity index (χ2n) is 4.54. The molecule has 0 aromatic rings. The van der Waals surface area contributed by atoms with Gasteiger partial charge in [0.2, 0.25) is 0 Å². The quantitative estimate of drug-likeness (QED) is 0.671. The molecule has 20 heavy (non-hydrogen) atoms. The van der Waals surface area contributed by atoms with Crippen LogP contribution in [0, 0.1) is 0 Å². The van der Waals surface area contributed by atoms with E-state index in [0.29, 0.717) is 10.2 Å². The van der Waals surface area contributed by atoms with Crippen molar-refractivity contribution in [3.63, 3.8) is 0 Å². The van der Waals surface area contributed by atoms with Crippen molar-refractivity contribution in [2.24, 2.45) is 11.5 Å². The molecule has 0 radical (unpaired) electrons. The van der Waals surface area contributed by atoms with E-state index in [1.165, 1.54) is 25.7 Å². The van der Waals surface area contributed by atoms with Crippen molar-refractivity contribution in [2.75, 3.05) is 26.2 Å². The predicted octanol–water partition coefficient (Wildman–Crippen LogP) is 2.70. The molecule has 0 aliphatic heterocycles. The highest BCUT2D eigenvalue weighted by Crippen LogP contribution is 1.98. The number of rotatable bonds is 8. The minimum Gasteiger partial charge on any atom is -0.376 e. The lowest BCUT2D eigenvalue weighted by molar-refractivity contribution is 0.401. The van der Waals surface area contributed by atoms with Gasteiger partial charge in [-0.05, 0) is 51.1 Å². The molecule has 0 amide bonds. The molecule has 120 valence electrons. The molecule has 0 saturated heterocycles. The van der Waals surface area contributed by atoms with Gasteiger partial charge in [-0.1, -0.05) is 26.7 Å². The summed E-state index contributed by atoms with van der Waals surface area (Å²) in [7, 11) is 0. The average Bonchev–Trinajstić information content (AvgIpc) is 2.40. The topological polar surface area (TPSA) is 58.5 Å². The summed E-state index contributed by atoms with van der Waals surface area (Å²) in [5, 5.41) is 1.05. The van der Waals surface area contributed by atoms with Crippen LogP contribution in [0.3, 0.4) is 0 Å². The van der Waals surface area contributed by atoms with Crippen molar-refractivity contribution >= 4 is 34.7 Å². The van der Waals surface area contributed by atoms with E-state index in [-0.39, 0.29) is 0 Å². The Morgan fingerprint density at radius 2 is 1.10 bits per heavy atom. The van der Waals surface area contributed by atoms with Crippen molar-refractivity contribution in [1.29, 1.82) is 0 Å². The molecule has 0 unspecified atom stereocenters. The van der Waals surface area contributed by atoms with Gasteiger partial charge in [-0.2, -0.15) is 0 Å². The first-order valence-corrected chi connectivity index (χ1v) is 8.34. The normalized spacial score (nSPS) is 9.40. The summed E-state index contributed by atoms with van der Waals surface area (Å²) >= 11 is 9.67. The van der Waals surface area contributed by atoms with Crippen LogP contribution >= 0.6 is 24.4 Å². The highest BCUT2D eigenvalue weighted by molar-refractivity contribution is 7.80. The molecule has 4 nitrogen and oxygen atoms in total. The minimum atomic E-state index is 0.495. The molecule has 0 fully saturated rings. The van der Waals surface area contributed by atoms with Crippen molar-refractivity contribution in [2.45, 2.75) is 53.4 Å². The Balaban J connectivity index is 0. The summed E-state index contributed by atoms with van der Waals surface area (Å²) in [4.78, 5) is 4.03. The van der Waals surface area contributed by atoms with Crippen LogP contribution in [0.2, 0.25) is 0 Å². The second-order valence-corrected chi connectivity index (χ2v) is 5.38. The van der Waals surface area contributed by atoms with E-state index in [9.17, 15) is 0 Å². The molecule has 0 aromatic carbocycles. The van der Waals surface area contributed by atoms with Gasteiger partial charge in [0, 0.05) is 26.2 Å². The fourth-order valence-corrected chi connectivity index (χ4v) is 2.01. The van der Waals surface area contributed by atoms with Gasteiger partial charge in [-0.3, -0.25) is 0 Å². The fourth-order valence-electron chi connectivity index (χ4n) is 1.57. The van der Waals surface area contributed by atoms with Crippen molar-refractivity contribution in [3.05, 3.63) is 0 Å². The zero-order valence-electron chi connectivity index (χ0n) is 13.5. The van der Waals surface area contributed by atoms with Crippen LogP contribution in [0.4, 0.5) is 0 Å². The summed E-state index contributed by atoms with van der Waals surface area (Å²) in [6.45, 7) is 12.3. The molecular formula is C14H32N4S2. The molecule has 0 aliphatic carbocycles. The van der Waals surface area contributed by atoms with E-state index < -0.39 is 0 Å². The lowest BCUT2D eigenvalue weighted by atomic mass is 10.3. The molecule has 6 heteroatoms. The van der Waals surface area contributed by atoms with E-state index in [2.05, 4.69) is 18.7 Å². The Hall–Kier alpha value is -0.620. The Kier molecular flexibility index (Phi) is 16.0. The van der Waals surface area contributed by atoms with Gasteiger partial charge < -0.3 is 21.3 Å². The van der Waals surface area contributed by atoms with Crippen molar-refractivity contribution in [3.8, 4) is 0 Å². The van der Waals surface area contributed by atoms with Gasteiger partial charge in [0.15, 0.2) is 10.2 Å². The lowest BCUT2D eigenvalue weighted by Gasteiger charge is -2.21. The predicted molar refractivity (Wildman–Crippen MR) is 97.9 cm³/mol. The maximum atomic E-state index is 5.58. The molecule has 0 aromatic heterocycles. The van der Waals surface area contributed by atoms with Gasteiger partial charge in [0.25, 0.3) is 0 Å². The third kappa shape index (κ3) is 12.4. The van der Waals surface area contributed by atoms with Crippen LogP contribution in [0.25, 0.3) is 0 Å². The summed E-state index contributed by atoms with van der Waals surface area (Å²) in [5.74, 6) is 0. The van der Waals surface area contributed by atoms with Crippen LogP contribution in [0.1, 0.15) is 53.4 Å². The Bertz CT molecular complexity index is 248. The number of hydrogen-bond donors (Lipinski definition) is 2. The summed E-state index contributed by atoms with van der Waals surface area (Å²) in [5.41, 5.74) is 10.9. The van der Waals surface area contributed by atoms with E-state index >= 15 is 0 Å². The third-order valence-electron chi connectivity index (χ3n) is 2.95. The number of unbranched alkanes of at least 4 members (excludes halogenated alkanes) is 2. The smallest absolute Gasteiger partial charge is 0.166 e. The third-order valence-corrected chi connectivity index (χ3v) is 3.47.